The van der Waals surface area contributed by atoms with Gasteiger partial charge in [0.15, 0.2) is 16.6 Å². The van der Waals surface area contributed by atoms with E-state index in [1.54, 1.807) is 6.92 Å². The molecule has 3 rings (SSSR count). The first-order chi connectivity index (χ1) is 13.2. The number of benzene rings is 1. The monoisotopic (exact) mass is 434 g/mol. The fourth-order valence-corrected chi connectivity index (χ4v) is 3.87. The molecule has 2 heterocycles. The van der Waals surface area contributed by atoms with Crippen LogP contribution in [0.1, 0.15) is 18.1 Å². The molecule has 1 unspecified atom stereocenters. The van der Waals surface area contributed by atoms with Crippen LogP contribution in [-0.4, -0.2) is 32.7 Å². The fourth-order valence-electron chi connectivity index (χ4n) is 2.32. The van der Waals surface area contributed by atoms with Crippen LogP contribution in [0, 0.1) is 5.82 Å². The van der Waals surface area contributed by atoms with Crippen molar-refractivity contribution in [2.45, 2.75) is 30.1 Å². The minimum absolute atomic E-state index is 0.134. The van der Waals surface area contributed by atoms with E-state index in [0.29, 0.717) is 16.6 Å². The van der Waals surface area contributed by atoms with Gasteiger partial charge < -0.3 is 10.4 Å². The number of thiazole rings is 1. The minimum Gasteiger partial charge on any atom is -0.394 e. The quantitative estimate of drug-likeness (QED) is 0.312. The van der Waals surface area contributed by atoms with Crippen molar-refractivity contribution in [2.24, 2.45) is 0 Å². The van der Waals surface area contributed by atoms with Gasteiger partial charge in [0.25, 0.3) is 0 Å². The number of hydrogen-bond acceptors (Lipinski definition) is 7. The van der Waals surface area contributed by atoms with E-state index in [1.807, 2.05) is 0 Å². The molecule has 150 valence electrons. The zero-order valence-corrected chi connectivity index (χ0v) is 15.9. The molecule has 28 heavy (non-hydrogen) atoms. The van der Waals surface area contributed by atoms with Crippen LogP contribution in [0.15, 0.2) is 28.2 Å². The Morgan fingerprint density at radius 3 is 2.79 bits per heavy atom. The summed E-state index contributed by atoms with van der Waals surface area (Å²) in [6.07, 6.45) is -4.78. The Labute approximate surface area is 164 Å². The molecule has 0 spiro atoms. The van der Waals surface area contributed by atoms with E-state index >= 15 is 0 Å². The number of aliphatic hydroxyl groups excluding tert-OH is 1. The maximum absolute atomic E-state index is 14.2. The van der Waals surface area contributed by atoms with E-state index in [0.717, 1.165) is 29.2 Å². The molecule has 6 nitrogen and oxygen atoms in total. The van der Waals surface area contributed by atoms with Gasteiger partial charge in [-0.1, -0.05) is 35.2 Å². The zero-order valence-electron chi connectivity index (χ0n) is 14.3. The average molecular weight is 434 g/mol. The van der Waals surface area contributed by atoms with E-state index < -0.39 is 17.6 Å². The summed E-state index contributed by atoms with van der Waals surface area (Å²) in [4.78, 5) is 22.2. The third-order valence-corrected chi connectivity index (χ3v) is 5.43. The normalized spacial score (nSPS) is 13.1. The van der Waals surface area contributed by atoms with E-state index in [9.17, 15) is 27.5 Å². The fraction of sp³-hybridized carbons (Fsp3) is 0.312. The van der Waals surface area contributed by atoms with Crippen LogP contribution in [0.4, 0.5) is 23.4 Å². The Bertz CT molecular complexity index is 1050. The van der Waals surface area contributed by atoms with Gasteiger partial charge in [0, 0.05) is 11.8 Å². The van der Waals surface area contributed by atoms with Crippen molar-refractivity contribution in [3.63, 3.8) is 0 Å². The molecule has 0 bridgehead atoms. The van der Waals surface area contributed by atoms with Gasteiger partial charge in [-0.2, -0.15) is 13.2 Å². The number of alkyl halides is 3. The molecule has 3 aromatic rings. The number of fused-ring (bicyclic) bond motifs is 1. The molecule has 2 aromatic heterocycles. The van der Waals surface area contributed by atoms with Crippen LogP contribution < -0.4 is 10.2 Å². The molecule has 1 aromatic carbocycles. The van der Waals surface area contributed by atoms with Crippen LogP contribution in [0.25, 0.3) is 10.3 Å². The summed E-state index contributed by atoms with van der Waals surface area (Å²) in [5, 5.41) is 12.3. The summed E-state index contributed by atoms with van der Waals surface area (Å²) >= 11 is 1.82. The molecule has 0 saturated carbocycles. The number of nitrogens with one attached hydrogen (secondary N) is 2. The number of aromatic nitrogens is 3. The molecular formula is C16H14F4N4O2S2. The average Bonchev–Trinajstić information content (AvgIpc) is 3.00. The summed E-state index contributed by atoms with van der Waals surface area (Å²) in [7, 11) is 0. The summed E-state index contributed by atoms with van der Waals surface area (Å²) in [5.74, 6) is -1.16. The van der Waals surface area contributed by atoms with E-state index in [-0.39, 0.29) is 39.6 Å². The van der Waals surface area contributed by atoms with Crippen molar-refractivity contribution < 1.29 is 22.7 Å². The van der Waals surface area contributed by atoms with Gasteiger partial charge in [0.1, 0.15) is 10.5 Å². The number of halogens is 4. The highest BCUT2D eigenvalue weighted by molar-refractivity contribution is 7.98. The topological polar surface area (TPSA) is 90.9 Å². The van der Waals surface area contributed by atoms with Gasteiger partial charge in [0.2, 0.25) is 0 Å². The van der Waals surface area contributed by atoms with E-state index in [1.165, 1.54) is 6.07 Å². The second kappa shape index (κ2) is 8.05. The predicted molar refractivity (Wildman–Crippen MR) is 99.2 cm³/mol. The highest BCUT2D eigenvalue weighted by atomic mass is 32.2. The van der Waals surface area contributed by atoms with Crippen LogP contribution in [0.2, 0.25) is 0 Å². The molecule has 0 aliphatic heterocycles. The van der Waals surface area contributed by atoms with Crippen molar-refractivity contribution in [2.75, 3.05) is 11.9 Å². The van der Waals surface area contributed by atoms with Crippen LogP contribution in [-0.2, 0) is 11.9 Å². The Morgan fingerprint density at radius 2 is 2.11 bits per heavy atom. The van der Waals surface area contributed by atoms with Gasteiger partial charge in [-0.05, 0) is 18.6 Å². The Balaban J connectivity index is 1.90. The van der Waals surface area contributed by atoms with Gasteiger partial charge in [0.05, 0.1) is 12.2 Å². The molecule has 0 aliphatic carbocycles. The van der Waals surface area contributed by atoms with Crippen LogP contribution in [0.5, 0.6) is 0 Å². The predicted octanol–water partition coefficient (Wildman–Crippen LogP) is 3.62. The molecular weight excluding hydrogens is 420 g/mol. The van der Waals surface area contributed by atoms with Crippen molar-refractivity contribution in [1.29, 1.82) is 0 Å². The number of hydrogen-bond donors (Lipinski definition) is 3. The van der Waals surface area contributed by atoms with Crippen LogP contribution >= 0.6 is 23.1 Å². The maximum atomic E-state index is 14.2. The summed E-state index contributed by atoms with van der Waals surface area (Å²) in [5.41, 5.74) is -1.21. The lowest BCUT2D eigenvalue weighted by Gasteiger charge is -2.13. The van der Waals surface area contributed by atoms with Gasteiger partial charge >= 0.3 is 11.0 Å². The lowest BCUT2D eigenvalue weighted by Crippen LogP contribution is -2.20. The number of aromatic amines is 1. The SMILES string of the molecule is CC(CO)Nc1nc(SCc2cccc(C(F)(F)F)c2F)nc2[nH]c(=O)sc12. The lowest BCUT2D eigenvalue weighted by molar-refractivity contribution is -0.140. The highest BCUT2D eigenvalue weighted by Crippen LogP contribution is 2.34. The Kier molecular flexibility index (Phi) is 5.91. The van der Waals surface area contributed by atoms with E-state index in [4.69, 9.17) is 0 Å². The molecule has 12 heteroatoms. The number of nitrogens with zero attached hydrogens (tertiary/aromatic N) is 2. The molecule has 0 saturated heterocycles. The lowest BCUT2D eigenvalue weighted by atomic mass is 10.1. The second-order valence-corrected chi connectivity index (χ2v) is 7.77. The first-order valence-corrected chi connectivity index (χ1v) is 9.75. The Morgan fingerprint density at radius 1 is 1.36 bits per heavy atom. The third kappa shape index (κ3) is 4.45. The van der Waals surface area contributed by atoms with Gasteiger partial charge in [-0.15, -0.1) is 0 Å². The molecule has 0 amide bonds. The first kappa shape index (κ1) is 20.6. The minimum atomic E-state index is -4.78. The van der Waals surface area contributed by atoms with Gasteiger partial charge in [-0.25, -0.2) is 14.4 Å². The van der Waals surface area contributed by atoms with E-state index in [2.05, 4.69) is 20.3 Å². The maximum Gasteiger partial charge on any atom is 0.419 e. The molecule has 3 N–H and O–H groups in total. The van der Waals surface area contributed by atoms with Crippen molar-refractivity contribution in [1.82, 2.24) is 15.0 Å². The molecule has 1 atom stereocenters. The summed E-state index contributed by atoms with van der Waals surface area (Å²) < 4.78 is 53.2. The van der Waals surface area contributed by atoms with Crippen LogP contribution in [0.3, 0.4) is 0 Å². The first-order valence-electron chi connectivity index (χ1n) is 7.94. The summed E-state index contributed by atoms with van der Waals surface area (Å²) in [6, 6.07) is 2.72. The largest absolute Gasteiger partial charge is 0.419 e. The molecule has 0 fully saturated rings. The number of thioether (sulfide) groups is 1. The second-order valence-electron chi connectivity index (χ2n) is 5.84. The number of anilines is 1. The van der Waals surface area contributed by atoms with Gasteiger partial charge in [-0.3, -0.25) is 9.78 Å². The van der Waals surface area contributed by atoms with Crippen molar-refractivity contribution in [3.05, 3.63) is 44.8 Å². The Hall–Kier alpha value is -2.18. The summed E-state index contributed by atoms with van der Waals surface area (Å²) in [6.45, 7) is 1.52. The number of aliphatic hydroxyl groups is 1. The van der Waals surface area contributed by atoms with Crippen molar-refractivity contribution >= 4 is 39.3 Å². The number of H-pyrrole nitrogens is 1. The standard InChI is InChI=1S/C16H14F4N4O2S2/c1-7(5-25)21-12-11-13(24-15(26)28-11)23-14(22-12)27-6-8-3-2-4-9(10(8)17)16(18,19)20/h2-4,7,25H,5-6H2,1H3,(H2,21,22,23,24,26). The highest BCUT2D eigenvalue weighted by Gasteiger charge is 2.34. The zero-order chi connectivity index (χ0) is 20.5. The molecule has 0 radical (unpaired) electrons. The smallest absolute Gasteiger partial charge is 0.394 e. The third-order valence-electron chi connectivity index (χ3n) is 3.66. The number of rotatable bonds is 6. The van der Waals surface area contributed by atoms with Crippen molar-refractivity contribution in [3.8, 4) is 0 Å². The molecule has 0 aliphatic rings.